The predicted octanol–water partition coefficient (Wildman–Crippen LogP) is 4.72. The van der Waals surface area contributed by atoms with Crippen LogP contribution in [0.1, 0.15) is 5.56 Å². The second-order valence-electron chi connectivity index (χ2n) is 3.80. The summed E-state index contributed by atoms with van der Waals surface area (Å²) in [4.78, 5) is 0. The standard InChI is InChI=1S/C14H11Cl2FO2/c1-18-12-4-2-3-9(14(12)17)8-19-13-7-10(15)5-6-11(13)16/h2-7H,8H2,1H3. The minimum Gasteiger partial charge on any atom is -0.494 e. The van der Waals surface area contributed by atoms with Gasteiger partial charge in [0.05, 0.1) is 12.1 Å². The smallest absolute Gasteiger partial charge is 0.171 e. The van der Waals surface area contributed by atoms with Gasteiger partial charge in [-0.15, -0.1) is 0 Å². The van der Waals surface area contributed by atoms with Crippen molar-refractivity contribution in [3.8, 4) is 11.5 Å². The van der Waals surface area contributed by atoms with Gasteiger partial charge in [0.25, 0.3) is 0 Å². The van der Waals surface area contributed by atoms with Crippen molar-refractivity contribution in [2.45, 2.75) is 6.61 Å². The van der Waals surface area contributed by atoms with E-state index in [2.05, 4.69) is 0 Å². The molecule has 0 saturated carbocycles. The van der Waals surface area contributed by atoms with Gasteiger partial charge in [-0.3, -0.25) is 0 Å². The molecule has 0 aliphatic carbocycles. The summed E-state index contributed by atoms with van der Waals surface area (Å²) in [5.41, 5.74) is 0.385. The second-order valence-corrected chi connectivity index (χ2v) is 4.64. The van der Waals surface area contributed by atoms with E-state index in [1.165, 1.54) is 7.11 Å². The topological polar surface area (TPSA) is 18.5 Å². The minimum absolute atomic E-state index is 0.0447. The molecule has 0 aliphatic rings. The van der Waals surface area contributed by atoms with Gasteiger partial charge in [0, 0.05) is 16.7 Å². The lowest BCUT2D eigenvalue weighted by atomic mass is 10.2. The minimum atomic E-state index is -0.442. The fourth-order valence-corrected chi connectivity index (χ4v) is 1.90. The van der Waals surface area contributed by atoms with E-state index in [0.29, 0.717) is 21.4 Å². The van der Waals surface area contributed by atoms with Gasteiger partial charge in [-0.05, 0) is 18.2 Å². The molecule has 0 bridgehead atoms. The van der Waals surface area contributed by atoms with E-state index in [4.69, 9.17) is 32.7 Å². The fraction of sp³-hybridized carbons (Fsp3) is 0.143. The molecule has 0 N–H and O–H groups in total. The van der Waals surface area contributed by atoms with Crippen molar-refractivity contribution >= 4 is 23.2 Å². The Morgan fingerprint density at radius 3 is 2.63 bits per heavy atom. The molecule has 0 spiro atoms. The summed E-state index contributed by atoms with van der Waals surface area (Å²) >= 11 is 11.8. The van der Waals surface area contributed by atoms with E-state index in [-0.39, 0.29) is 12.4 Å². The van der Waals surface area contributed by atoms with Crippen molar-refractivity contribution in [2.24, 2.45) is 0 Å². The lowest BCUT2D eigenvalue weighted by Gasteiger charge is -2.10. The number of rotatable bonds is 4. The molecule has 0 atom stereocenters. The van der Waals surface area contributed by atoms with Crippen molar-refractivity contribution in [3.63, 3.8) is 0 Å². The van der Waals surface area contributed by atoms with Crippen molar-refractivity contribution in [3.05, 3.63) is 57.8 Å². The van der Waals surface area contributed by atoms with Crippen LogP contribution in [0.15, 0.2) is 36.4 Å². The van der Waals surface area contributed by atoms with Crippen LogP contribution in [-0.4, -0.2) is 7.11 Å². The van der Waals surface area contributed by atoms with Crippen LogP contribution in [0.25, 0.3) is 0 Å². The maximum Gasteiger partial charge on any atom is 0.171 e. The molecule has 0 saturated heterocycles. The molecule has 0 radical (unpaired) electrons. The van der Waals surface area contributed by atoms with Crippen LogP contribution < -0.4 is 9.47 Å². The number of halogens is 3. The molecular weight excluding hydrogens is 290 g/mol. The first-order chi connectivity index (χ1) is 9.11. The SMILES string of the molecule is COc1cccc(COc2cc(Cl)ccc2Cl)c1F. The molecule has 0 unspecified atom stereocenters. The van der Waals surface area contributed by atoms with Crippen LogP contribution in [0.5, 0.6) is 11.5 Å². The summed E-state index contributed by atoms with van der Waals surface area (Å²) in [6, 6.07) is 9.73. The van der Waals surface area contributed by atoms with Crippen LogP contribution in [0.3, 0.4) is 0 Å². The van der Waals surface area contributed by atoms with Crippen molar-refractivity contribution in [1.29, 1.82) is 0 Å². The Kier molecular flexibility index (Phi) is 4.51. The zero-order valence-electron chi connectivity index (χ0n) is 10.1. The largest absolute Gasteiger partial charge is 0.494 e. The summed E-state index contributed by atoms with van der Waals surface area (Å²) < 4.78 is 24.3. The Labute approximate surface area is 120 Å². The van der Waals surface area contributed by atoms with Crippen LogP contribution in [0.2, 0.25) is 10.0 Å². The number of benzene rings is 2. The zero-order chi connectivity index (χ0) is 13.8. The highest BCUT2D eigenvalue weighted by atomic mass is 35.5. The quantitative estimate of drug-likeness (QED) is 0.813. The molecule has 0 aliphatic heterocycles. The number of ether oxygens (including phenoxy) is 2. The molecule has 19 heavy (non-hydrogen) atoms. The molecule has 0 aromatic heterocycles. The molecule has 0 amide bonds. The Morgan fingerprint density at radius 1 is 1.11 bits per heavy atom. The summed E-state index contributed by atoms with van der Waals surface area (Å²) in [6.07, 6.45) is 0. The van der Waals surface area contributed by atoms with E-state index < -0.39 is 5.82 Å². The molecule has 0 heterocycles. The van der Waals surface area contributed by atoms with Crippen LogP contribution in [0.4, 0.5) is 4.39 Å². The maximum absolute atomic E-state index is 13.9. The highest BCUT2D eigenvalue weighted by Gasteiger charge is 2.10. The van der Waals surface area contributed by atoms with E-state index >= 15 is 0 Å². The molecule has 5 heteroatoms. The summed E-state index contributed by atoms with van der Waals surface area (Å²) in [6.45, 7) is 0.0447. The Morgan fingerprint density at radius 2 is 1.89 bits per heavy atom. The fourth-order valence-electron chi connectivity index (χ4n) is 1.57. The Balaban J connectivity index is 2.17. The molecule has 2 aromatic carbocycles. The summed E-state index contributed by atoms with van der Waals surface area (Å²) in [7, 11) is 1.41. The lowest BCUT2D eigenvalue weighted by molar-refractivity contribution is 0.296. The van der Waals surface area contributed by atoms with Crippen molar-refractivity contribution < 1.29 is 13.9 Å². The van der Waals surface area contributed by atoms with Crippen molar-refractivity contribution in [1.82, 2.24) is 0 Å². The average Bonchev–Trinajstić information content (AvgIpc) is 2.41. The Hall–Kier alpha value is -1.45. The lowest BCUT2D eigenvalue weighted by Crippen LogP contribution is -2.00. The normalized spacial score (nSPS) is 10.3. The molecule has 2 aromatic rings. The highest BCUT2D eigenvalue weighted by Crippen LogP contribution is 2.29. The first-order valence-corrected chi connectivity index (χ1v) is 6.26. The average molecular weight is 301 g/mol. The predicted molar refractivity (Wildman–Crippen MR) is 73.7 cm³/mol. The number of hydrogen-bond donors (Lipinski definition) is 0. The van der Waals surface area contributed by atoms with Gasteiger partial charge in [0.2, 0.25) is 0 Å². The van der Waals surface area contributed by atoms with Crippen molar-refractivity contribution in [2.75, 3.05) is 7.11 Å². The molecule has 2 rings (SSSR count). The molecule has 2 nitrogen and oxygen atoms in total. The number of methoxy groups -OCH3 is 1. The zero-order valence-corrected chi connectivity index (χ0v) is 11.6. The molecule has 0 fully saturated rings. The van der Waals surface area contributed by atoms with Gasteiger partial charge in [-0.2, -0.15) is 0 Å². The summed E-state index contributed by atoms with van der Waals surface area (Å²) in [5.74, 6) is 0.151. The Bertz CT molecular complexity index is 588. The third-order valence-electron chi connectivity index (χ3n) is 2.54. The van der Waals surface area contributed by atoms with Gasteiger partial charge >= 0.3 is 0 Å². The van der Waals surface area contributed by atoms with E-state index in [1.54, 1.807) is 36.4 Å². The highest BCUT2D eigenvalue weighted by molar-refractivity contribution is 6.34. The van der Waals surface area contributed by atoms with Gasteiger partial charge in [0.15, 0.2) is 11.6 Å². The molecular formula is C14H11Cl2FO2. The first kappa shape index (κ1) is 14.0. The van der Waals surface area contributed by atoms with Gasteiger partial charge in [0.1, 0.15) is 12.4 Å². The first-order valence-electron chi connectivity index (χ1n) is 5.51. The third-order valence-corrected chi connectivity index (χ3v) is 3.09. The van der Waals surface area contributed by atoms with E-state index in [1.807, 2.05) is 0 Å². The summed E-state index contributed by atoms with van der Waals surface area (Å²) in [5, 5.41) is 0.929. The van der Waals surface area contributed by atoms with Crippen LogP contribution >= 0.6 is 23.2 Å². The van der Waals surface area contributed by atoms with Gasteiger partial charge in [-0.1, -0.05) is 35.3 Å². The van der Waals surface area contributed by atoms with E-state index in [0.717, 1.165) is 0 Å². The molecule has 100 valence electrons. The van der Waals surface area contributed by atoms with Gasteiger partial charge < -0.3 is 9.47 Å². The van der Waals surface area contributed by atoms with Crippen LogP contribution in [0, 0.1) is 5.82 Å². The van der Waals surface area contributed by atoms with Gasteiger partial charge in [-0.25, -0.2) is 4.39 Å². The maximum atomic E-state index is 13.9. The number of hydrogen-bond acceptors (Lipinski definition) is 2. The third kappa shape index (κ3) is 3.31. The second kappa shape index (κ2) is 6.13. The van der Waals surface area contributed by atoms with E-state index in [9.17, 15) is 4.39 Å². The monoisotopic (exact) mass is 300 g/mol. The van der Waals surface area contributed by atoms with Crippen LogP contribution in [-0.2, 0) is 6.61 Å².